The van der Waals surface area contributed by atoms with E-state index in [2.05, 4.69) is 31.8 Å². The van der Waals surface area contributed by atoms with E-state index in [1.165, 1.54) is 16.2 Å². The molecule has 8 heteroatoms. The SMILES string of the molecule is COc1cncc(-c2cnc3sc(NCc4cccs4)nn23)c1. The van der Waals surface area contributed by atoms with Crippen LogP contribution >= 0.6 is 22.7 Å². The van der Waals surface area contributed by atoms with Gasteiger partial charge in [0.15, 0.2) is 0 Å². The first kappa shape index (κ1) is 14.2. The third-order valence-electron chi connectivity index (χ3n) is 3.32. The number of thiophene rings is 1. The Morgan fingerprint density at radius 1 is 1.30 bits per heavy atom. The first-order valence-electron chi connectivity index (χ1n) is 6.94. The van der Waals surface area contributed by atoms with E-state index in [-0.39, 0.29) is 0 Å². The summed E-state index contributed by atoms with van der Waals surface area (Å²) in [6.45, 7) is 0.768. The van der Waals surface area contributed by atoms with Gasteiger partial charge in [0.1, 0.15) is 5.75 Å². The number of hydrogen-bond acceptors (Lipinski definition) is 7. The zero-order chi connectivity index (χ0) is 15.6. The predicted octanol–water partition coefficient (Wildman–Crippen LogP) is 3.54. The number of rotatable bonds is 5. The third kappa shape index (κ3) is 2.78. The Bertz CT molecular complexity index is 929. The molecular weight excluding hydrogens is 330 g/mol. The molecule has 0 saturated heterocycles. The Morgan fingerprint density at radius 2 is 2.26 bits per heavy atom. The third-order valence-corrected chi connectivity index (χ3v) is 5.08. The maximum absolute atomic E-state index is 5.23. The molecule has 0 aromatic carbocycles. The molecule has 4 rings (SSSR count). The lowest BCUT2D eigenvalue weighted by Gasteiger charge is -2.02. The largest absolute Gasteiger partial charge is 0.495 e. The number of methoxy groups -OCH3 is 1. The molecule has 0 amide bonds. The lowest BCUT2D eigenvalue weighted by molar-refractivity contribution is 0.413. The quantitative estimate of drug-likeness (QED) is 0.600. The molecule has 4 aromatic rings. The average molecular weight is 343 g/mol. The molecule has 0 radical (unpaired) electrons. The second-order valence-corrected chi connectivity index (χ2v) is 6.78. The number of aromatic nitrogens is 4. The predicted molar refractivity (Wildman–Crippen MR) is 92.3 cm³/mol. The van der Waals surface area contributed by atoms with E-state index in [1.54, 1.807) is 37.0 Å². The van der Waals surface area contributed by atoms with Gasteiger partial charge in [-0.25, -0.2) is 9.50 Å². The minimum atomic E-state index is 0.712. The monoisotopic (exact) mass is 343 g/mol. The van der Waals surface area contributed by atoms with E-state index in [0.29, 0.717) is 5.75 Å². The Labute approximate surface area is 140 Å². The molecule has 0 aliphatic heterocycles. The lowest BCUT2D eigenvalue weighted by atomic mass is 10.2. The van der Waals surface area contributed by atoms with Crippen LogP contribution in [0.15, 0.2) is 42.2 Å². The van der Waals surface area contributed by atoms with Crippen molar-refractivity contribution in [2.45, 2.75) is 6.54 Å². The van der Waals surface area contributed by atoms with Crippen molar-refractivity contribution in [3.05, 3.63) is 47.0 Å². The summed E-state index contributed by atoms with van der Waals surface area (Å²) in [5.74, 6) is 0.712. The Balaban J connectivity index is 1.63. The molecule has 0 bridgehead atoms. The molecule has 1 N–H and O–H groups in total. The van der Waals surface area contributed by atoms with Gasteiger partial charge in [-0.3, -0.25) is 4.98 Å². The molecule has 4 aromatic heterocycles. The van der Waals surface area contributed by atoms with Crippen LogP contribution in [0.25, 0.3) is 16.2 Å². The minimum Gasteiger partial charge on any atom is -0.495 e. The van der Waals surface area contributed by atoms with Crippen molar-refractivity contribution in [3.8, 4) is 17.0 Å². The molecule has 0 atom stereocenters. The molecule has 116 valence electrons. The zero-order valence-electron chi connectivity index (χ0n) is 12.3. The van der Waals surface area contributed by atoms with Gasteiger partial charge in [-0.15, -0.1) is 16.4 Å². The topological polar surface area (TPSA) is 64.3 Å². The van der Waals surface area contributed by atoms with Gasteiger partial charge in [-0.2, -0.15) is 0 Å². The number of imidazole rings is 1. The number of ether oxygens (including phenoxy) is 1. The summed E-state index contributed by atoms with van der Waals surface area (Å²) in [4.78, 5) is 10.7. The fourth-order valence-electron chi connectivity index (χ4n) is 2.21. The van der Waals surface area contributed by atoms with Crippen LogP contribution in [0, 0.1) is 0 Å². The molecule has 0 saturated carbocycles. The van der Waals surface area contributed by atoms with Crippen LogP contribution in [-0.4, -0.2) is 26.7 Å². The van der Waals surface area contributed by atoms with Crippen LogP contribution in [0.3, 0.4) is 0 Å². The van der Waals surface area contributed by atoms with Crippen LogP contribution in [-0.2, 0) is 6.54 Å². The van der Waals surface area contributed by atoms with E-state index in [4.69, 9.17) is 4.74 Å². The number of fused-ring (bicyclic) bond motifs is 1. The molecule has 6 nitrogen and oxygen atoms in total. The average Bonchev–Trinajstić information content (AvgIpc) is 3.29. The van der Waals surface area contributed by atoms with Crippen molar-refractivity contribution in [2.24, 2.45) is 0 Å². The highest BCUT2D eigenvalue weighted by Crippen LogP contribution is 2.27. The molecule has 0 aliphatic rings. The normalized spacial score (nSPS) is 11.0. The molecule has 23 heavy (non-hydrogen) atoms. The van der Waals surface area contributed by atoms with Gasteiger partial charge < -0.3 is 10.1 Å². The highest BCUT2D eigenvalue weighted by molar-refractivity contribution is 7.20. The number of pyridine rings is 1. The Morgan fingerprint density at radius 3 is 3.09 bits per heavy atom. The van der Waals surface area contributed by atoms with Gasteiger partial charge in [-0.1, -0.05) is 17.4 Å². The maximum Gasteiger partial charge on any atom is 0.214 e. The summed E-state index contributed by atoms with van der Waals surface area (Å²) in [7, 11) is 1.63. The van der Waals surface area contributed by atoms with Crippen LogP contribution in [0.5, 0.6) is 5.75 Å². The summed E-state index contributed by atoms with van der Waals surface area (Å²) in [6, 6.07) is 6.07. The van der Waals surface area contributed by atoms with E-state index >= 15 is 0 Å². The minimum absolute atomic E-state index is 0.712. The van der Waals surface area contributed by atoms with Gasteiger partial charge in [0.2, 0.25) is 10.1 Å². The summed E-state index contributed by atoms with van der Waals surface area (Å²) >= 11 is 3.25. The fraction of sp³-hybridized carbons (Fsp3) is 0.133. The van der Waals surface area contributed by atoms with Gasteiger partial charge in [0, 0.05) is 16.6 Å². The van der Waals surface area contributed by atoms with Crippen molar-refractivity contribution in [3.63, 3.8) is 0 Å². The number of hydrogen-bond donors (Lipinski definition) is 1. The highest BCUT2D eigenvalue weighted by atomic mass is 32.1. The van der Waals surface area contributed by atoms with Crippen molar-refractivity contribution >= 4 is 32.8 Å². The molecule has 4 heterocycles. The molecule has 0 fully saturated rings. The number of nitrogens with zero attached hydrogens (tertiary/aromatic N) is 4. The molecule has 0 spiro atoms. The van der Waals surface area contributed by atoms with Gasteiger partial charge in [0.05, 0.1) is 31.7 Å². The molecule has 0 aliphatic carbocycles. The lowest BCUT2D eigenvalue weighted by Crippen LogP contribution is -1.98. The Hall–Kier alpha value is -2.45. The summed E-state index contributed by atoms with van der Waals surface area (Å²) in [6.07, 6.45) is 5.26. The van der Waals surface area contributed by atoms with E-state index in [9.17, 15) is 0 Å². The summed E-state index contributed by atoms with van der Waals surface area (Å²) in [5.41, 5.74) is 1.82. The number of nitrogens with one attached hydrogen (secondary N) is 1. The smallest absolute Gasteiger partial charge is 0.214 e. The van der Waals surface area contributed by atoms with E-state index < -0.39 is 0 Å². The highest BCUT2D eigenvalue weighted by Gasteiger charge is 2.12. The van der Waals surface area contributed by atoms with Gasteiger partial charge in [0.25, 0.3) is 0 Å². The zero-order valence-corrected chi connectivity index (χ0v) is 13.9. The second kappa shape index (κ2) is 5.98. The molecular formula is C15H13N5OS2. The summed E-state index contributed by atoms with van der Waals surface area (Å²) < 4.78 is 7.06. The van der Waals surface area contributed by atoms with Gasteiger partial charge in [-0.05, 0) is 17.5 Å². The first-order valence-corrected chi connectivity index (χ1v) is 8.63. The first-order chi connectivity index (χ1) is 11.3. The fourth-order valence-corrected chi connectivity index (χ4v) is 3.62. The standard InChI is InChI=1S/C15H13N5OS2/c1-21-11-5-10(6-16-7-11)13-9-18-15-20(13)19-14(23-15)17-8-12-3-2-4-22-12/h2-7,9H,8H2,1H3,(H,17,19). The summed E-state index contributed by atoms with van der Waals surface area (Å²) in [5, 5.41) is 10.9. The van der Waals surface area contributed by atoms with Crippen LogP contribution in [0.4, 0.5) is 5.13 Å². The van der Waals surface area contributed by atoms with Crippen molar-refractivity contribution in [2.75, 3.05) is 12.4 Å². The van der Waals surface area contributed by atoms with Crippen molar-refractivity contribution < 1.29 is 4.74 Å². The number of anilines is 1. The van der Waals surface area contributed by atoms with Crippen LogP contribution in [0.2, 0.25) is 0 Å². The van der Waals surface area contributed by atoms with E-state index in [1.807, 2.05) is 16.6 Å². The van der Waals surface area contributed by atoms with E-state index in [0.717, 1.165) is 27.9 Å². The van der Waals surface area contributed by atoms with Crippen LogP contribution in [0.1, 0.15) is 4.88 Å². The van der Waals surface area contributed by atoms with Crippen molar-refractivity contribution in [1.29, 1.82) is 0 Å². The van der Waals surface area contributed by atoms with Crippen LogP contribution < -0.4 is 10.1 Å². The Kier molecular flexibility index (Phi) is 3.68. The molecule has 0 unspecified atom stereocenters. The maximum atomic E-state index is 5.23. The van der Waals surface area contributed by atoms with Crippen molar-refractivity contribution in [1.82, 2.24) is 19.6 Å². The second-order valence-electron chi connectivity index (χ2n) is 4.79. The van der Waals surface area contributed by atoms with Gasteiger partial charge >= 0.3 is 0 Å².